The number of rotatable bonds is 2. The molecule has 0 spiro atoms. The highest BCUT2D eigenvalue weighted by Crippen LogP contribution is 2.41. The minimum atomic E-state index is 0.554. The first-order chi connectivity index (χ1) is 7.00. The number of likely N-dealkylation sites (tertiary alicyclic amines) is 1. The molecule has 2 rings (SSSR count). The summed E-state index contributed by atoms with van der Waals surface area (Å²) in [5.74, 6) is 2.51. The third-order valence-electron chi connectivity index (χ3n) is 4.47. The van der Waals surface area contributed by atoms with Crippen LogP contribution in [0.3, 0.4) is 0 Å². The van der Waals surface area contributed by atoms with E-state index in [1.165, 1.54) is 32.7 Å². The molecule has 1 N–H and O–H groups in total. The summed E-state index contributed by atoms with van der Waals surface area (Å²) in [6.07, 6.45) is 0. The zero-order valence-electron chi connectivity index (χ0n) is 10.7. The lowest BCUT2D eigenvalue weighted by Gasteiger charge is -2.53. The average Bonchev–Trinajstić information content (AvgIpc) is 2.05. The van der Waals surface area contributed by atoms with Gasteiger partial charge in [0.25, 0.3) is 0 Å². The first kappa shape index (κ1) is 11.4. The maximum Gasteiger partial charge on any atom is 0.00273 e. The van der Waals surface area contributed by atoms with Crippen molar-refractivity contribution in [1.82, 2.24) is 10.2 Å². The molecule has 0 aliphatic carbocycles. The number of hydrogen-bond acceptors (Lipinski definition) is 2. The molecule has 0 amide bonds. The standard InChI is InChI=1S/C13H26N2/c1-10(2)7-15-8-11-5-14-6-12(9-15)13(11,3)4/h10-12,14H,5-9H2,1-4H3. The van der Waals surface area contributed by atoms with E-state index in [-0.39, 0.29) is 0 Å². The Morgan fingerprint density at radius 3 is 2.20 bits per heavy atom. The van der Waals surface area contributed by atoms with Crippen molar-refractivity contribution >= 4 is 0 Å². The lowest BCUT2D eigenvalue weighted by molar-refractivity contribution is -0.0278. The monoisotopic (exact) mass is 210 g/mol. The normalized spacial score (nSPS) is 35.8. The van der Waals surface area contributed by atoms with Gasteiger partial charge in [-0.25, -0.2) is 0 Å². The van der Waals surface area contributed by atoms with E-state index in [2.05, 4.69) is 37.9 Å². The molecule has 2 aliphatic heterocycles. The summed E-state index contributed by atoms with van der Waals surface area (Å²) in [4.78, 5) is 2.69. The molecular formula is C13H26N2. The van der Waals surface area contributed by atoms with Gasteiger partial charge >= 0.3 is 0 Å². The van der Waals surface area contributed by atoms with Crippen LogP contribution < -0.4 is 5.32 Å². The highest BCUT2D eigenvalue weighted by atomic mass is 15.2. The summed E-state index contributed by atoms with van der Waals surface area (Å²) >= 11 is 0. The molecule has 2 heteroatoms. The van der Waals surface area contributed by atoms with Gasteiger partial charge in [0.2, 0.25) is 0 Å². The summed E-state index contributed by atoms with van der Waals surface area (Å²) in [5, 5.41) is 3.59. The van der Waals surface area contributed by atoms with Crippen LogP contribution in [-0.2, 0) is 0 Å². The van der Waals surface area contributed by atoms with Crippen LogP contribution in [0, 0.1) is 23.2 Å². The predicted octanol–water partition coefficient (Wildman–Crippen LogP) is 1.82. The Morgan fingerprint density at radius 2 is 1.73 bits per heavy atom. The summed E-state index contributed by atoms with van der Waals surface area (Å²) in [7, 11) is 0. The molecule has 2 atom stereocenters. The molecular weight excluding hydrogens is 184 g/mol. The van der Waals surface area contributed by atoms with Gasteiger partial charge in [0.05, 0.1) is 0 Å². The van der Waals surface area contributed by atoms with Crippen molar-refractivity contribution in [2.24, 2.45) is 23.2 Å². The summed E-state index contributed by atoms with van der Waals surface area (Å²) in [5.41, 5.74) is 0.554. The minimum absolute atomic E-state index is 0.554. The molecule has 2 fully saturated rings. The van der Waals surface area contributed by atoms with E-state index in [4.69, 9.17) is 0 Å². The Labute approximate surface area is 94.4 Å². The van der Waals surface area contributed by atoms with Crippen LogP contribution in [0.15, 0.2) is 0 Å². The number of hydrogen-bond donors (Lipinski definition) is 1. The van der Waals surface area contributed by atoms with Gasteiger partial charge < -0.3 is 10.2 Å². The summed E-state index contributed by atoms with van der Waals surface area (Å²) in [6.45, 7) is 15.9. The van der Waals surface area contributed by atoms with Crippen LogP contribution in [0.5, 0.6) is 0 Å². The SMILES string of the molecule is CC(C)CN1CC2CNCC(C1)C2(C)C. The third-order valence-corrected chi connectivity index (χ3v) is 4.47. The van der Waals surface area contributed by atoms with Crippen LogP contribution >= 0.6 is 0 Å². The van der Waals surface area contributed by atoms with E-state index in [0.29, 0.717) is 5.41 Å². The molecule has 2 saturated heterocycles. The van der Waals surface area contributed by atoms with Crippen LogP contribution in [0.1, 0.15) is 27.7 Å². The topological polar surface area (TPSA) is 15.3 Å². The van der Waals surface area contributed by atoms with Gasteiger partial charge in [-0.3, -0.25) is 0 Å². The molecule has 0 saturated carbocycles. The lowest BCUT2D eigenvalue weighted by Crippen LogP contribution is -2.60. The van der Waals surface area contributed by atoms with Gasteiger partial charge in [0.15, 0.2) is 0 Å². The minimum Gasteiger partial charge on any atom is -0.316 e. The second-order valence-electron chi connectivity index (χ2n) is 6.49. The van der Waals surface area contributed by atoms with E-state index in [0.717, 1.165) is 17.8 Å². The molecule has 15 heavy (non-hydrogen) atoms. The van der Waals surface area contributed by atoms with Crippen LogP contribution in [-0.4, -0.2) is 37.6 Å². The summed E-state index contributed by atoms with van der Waals surface area (Å²) in [6, 6.07) is 0. The van der Waals surface area contributed by atoms with Gasteiger partial charge in [-0.1, -0.05) is 27.7 Å². The molecule has 2 bridgehead atoms. The van der Waals surface area contributed by atoms with Gasteiger partial charge in [-0.2, -0.15) is 0 Å². The Bertz CT molecular complexity index is 207. The predicted molar refractivity (Wildman–Crippen MR) is 64.9 cm³/mol. The molecule has 2 unspecified atom stereocenters. The first-order valence-corrected chi connectivity index (χ1v) is 6.43. The van der Waals surface area contributed by atoms with Gasteiger partial charge in [-0.05, 0) is 36.3 Å². The molecule has 2 aliphatic rings. The highest BCUT2D eigenvalue weighted by Gasteiger charge is 2.44. The number of nitrogens with one attached hydrogen (secondary N) is 1. The first-order valence-electron chi connectivity index (χ1n) is 6.43. The van der Waals surface area contributed by atoms with Crippen molar-refractivity contribution in [3.8, 4) is 0 Å². The van der Waals surface area contributed by atoms with E-state index in [1.807, 2.05) is 0 Å². The number of nitrogens with zero attached hydrogens (tertiary/aromatic N) is 1. The zero-order chi connectivity index (χ0) is 11.1. The smallest absolute Gasteiger partial charge is 0.00273 e. The van der Waals surface area contributed by atoms with Crippen molar-refractivity contribution in [1.29, 1.82) is 0 Å². The van der Waals surface area contributed by atoms with Crippen molar-refractivity contribution in [3.05, 3.63) is 0 Å². The fraction of sp³-hybridized carbons (Fsp3) is 1.00. The number of piperidine rings is 2. The largest absolute Gasteiger partial charge is 0.316 e. The Hall–Kier alpha value is -0.0800. The molecule has 0 radical (unpaired) electrons. The Kier molecular flexibility index (Phi) is 3.09. The van der Waals surface area contributed by atoms with E-state index in [9.17, 15) is 0 Å². The van der Waals surface area contributed by atoms with Crippen molar-refractivity contribution in [2.75, 3.05) is 32.7 Å². The lowest BCUT2D eigenvalue weighted by atomic mass is 9.64. The van der Waals surface area contributed by atoms with Gasteiger partial charge in [0.1, 0.15) is 0 Å². The van der Waals surface area contributed by atoms with Crippen molar-refractivity contribution in [2.45, 2.75) is 27.7 Å². The van der Waals surface area contributed by atoms with Crippen molar-refractivity contribution in [3.63, 3.8) is 0 Å². The van der Waals surface area contributed by atoms with E-state index >= 15 is 0 Å². The Balaban J connectivity index is 2.02. The summed E-state index contributed by atoms with van der Waals surface area (Å²) < 4.78 is 0. The van der Waals surface area contributed by atoms with Crippen LogP contribution in [0.4, 0.5) is 0 Å². The number of fused-ring (bicyclic) bond motifs is 2. The molecule has 88 valence electrons. The maximum absolute atomic E-state index is 3.59. The molecule has 0 aromatic carbocycles. The van der Waals surface area contributed by atoms with Crippen molar-refractivity contribution < 1.29 is 0 Å². The molecule has 2 nitrogen and oxygen atoms in total. The second kappa shape index (κ2) is 4.06. The molecule has 0 aromatic rings. The van der Waals surface area contributed by atoms with E-state index in [1.54, 1.807) is 0 Å². The van der Waals surface area contributed by atoms with E-state index < -0.39 is 0 Å². The maximum atomic E-state index is 3.59. The Morgan fingerprint density at radius 1 is 1.20 bits per heavy atom. The quantitative estimate of drug-likeness (QED) is 0.748. The van der Waals surface area contributed by atoms with Crippen LogP contribution in [0.25, 0.3) is 0 Å². The zero-order valence-corrected chi connectivity index (χ0v) is 10.7. The third kappa shape index (κ3) is 2.21. The fourth-order valence-electron chi connectivity index (χ4n) is 3.25. The molecule has 0 aromatic heterocycles. The van der Waals surface area contributed by atoms with Gasteiger partial charge in [-0.15, -0.1) is 0 Å². The fourth-order valence-corrected chi connectivity index (χ4v) is 3.25. The van der Waals surface area contributed by atoms with Crippen LogP contribution in [0.2, 0.25) is 0 Å². The van der Waals surface area contributed by atoms with Gasteiger partial charge in [0, 0.05) is 19.6 Å². The second-order valence-corrected chi connectivity index (χ2v) is 6.49. The average molecular weight is 210 g/mol. The highest BCUT2D eigenvalue weighted by molar-refractivity contribution is 4.97. The molecule has 2 heterocycles.